The number of carbonyl (C=O) groups excluding carboxylic acids is 3. The molecule has 1 atom stereocenters. The molecule has 0 saturated carbocycles. The molecule has 0 aromatic carbocycles. The molecule has 0 unspecified atom stereocenters. The molecule has 0 aliphatic heterocycles. The van der Waals surface area contributed by atoms with Crippen molar-refractivity contribution in [3.05, 3.63) is 0 Å². The Morgan fingerprint density at radius 3 is 0.667 bits per heavy atom. The van der Waals surface area contributed by atoms with Crippen LogP contribution in [-0.4, -0.2) is 37.2 Å². The number of esters is 3. The minimum atomic E-state index is -0.759. The van der Waals surface area contributed by atoms with Crippen LogP contribution in [0.5, 0.6) is 0 Å². The molecule has 0 fully saturated rings. The minimum absolute atomic E-state index is 0.0616. The van der Waals surface area contributed by atoms with Gasteiger partial charge in [-0.2, -0.15) is 0 Å². The van der Waals surface area contributed by atoms with E-state index in [-0.39, 0.29) is 31.1 Å². The number of ether oxygens (including phenoxy) is 3. The van der Waals surface area contributed by atoms with Crippen LogP contribution in [0.25, 0.3) is 0 Å². The quantitative estimate of drug-likeness (QED) is 0.0345. The normalized spacial score (nSPS) is 11.8. The van der Waals surface area contributed by atoms with Gasteiger partial charge in [-0.15, -0.1) is 0 Å². The van der Waals surface area contributed by atoms with Crippen LogP contribution in [0.3, 0.4) is 0 Å². The van der Waals surface area contributed by atoms with Crippen LogP contribution >= 0.6 is 0 Å². The Bertz CT molecular complexity index is 889. The minimum Gasteiger partial charge on any atom is -0.462 e. The predicted octanol–water partition coefficient (Wildman–Crippen LogP) is 17.6. The van der Waals surface area contributed by atoms with Gasteiger partial charge in [-0.05, 0) is 19.3 Å². The Hall–Kier alpha value is -1.59. The highest BCUT2D eigenvalue weighted by Crippen LogP contribution is 2.17. The summed E-state index contributed by atoms with van der Waals surface area (Å²) in [5.41, 5.74) is 0. The molecule has 6 nitrogen and oxygen atoms in total. The second-order valence-electron chi connectivity index (χ2n) is 18.5. The number of rotatable bonds is 50. The van der Waals surface area contributed by atoms with Crippen molar-refractivity contribution in [3.63, 3.8) is 0 Å². The third-order valence-corrected chi connectivity index (χ3v) is 12.4. The average molecular weight is 849 g/mol. The molecule has 356 valence electrons. The maximum atomic E-state index is 12.8. The van der Waals surface area contributed by atoms with Crippen molar-refractivity contribution < 1.29 is 28.6 Å². The van der Waals surface area contributed by atoms with Crippen molar-refractivity contribution in [3.8, 4) is 0 Å². The SMILES string of the molecule is CCCCCCCCCCCCCCCCCCCCC(=O)O[C@@H](COC(=O)CCCCCCCCCCCCC)COC(=O)CCCCCCCCCCCCCCC. The molecule has 0 aromatic rings. The summed E-state index contributed by atoms with van der Waals surface area (Å²) in [7, 11) is 0. The van der Waals surface area contributed by atoms with Gasteiger partial charge in [-0.1, -0.05) is 271 Å². The molecule has 60 heavy (non-hydrogen) atoms. The molecular formula is C54H104O6. The van der Waals surface area contributed by atoms with Crippen LogP contribution in [0.15, 0.2) is 0 Å². The average Bonchev–Trinajstić information content (AvgIpc) is 3.24. The zero-order chi connectivity index (χ0) is 43.7. The largest absolute Gasteiger partial charge is 0.462 e. The van der Waals surface area contributed by atoms with E-state index < -0.39 is 6.10 Å². The molecule has 0 spiro atoms. The maximum Gasteiger partial charge on any atom is 0.306 e. The van der Waals surface area contributed by atoms with Crippen molar-refractivity contribution in [2.75, 3.05) is 13.2 Å². The van der Waals surface area contributed by atoms with E-state index >= 15 is 0 Å². The first-order chi connectivity index (χ1) is 29.5. The van der Waals surface area contributed by atoms with E-state index in [4.69, 9.17) is 14.2 Å². The Kier molecular flexibility index (Phi) is 48.7. The molecule has 0 radical (unpaired) electrons. The summed E-state index contributed by atoms with van der Waals surface area (Å²) in [4.78, 5) is 38.0. The molecule has 0 aromatic heterocycles. The number of hydrogen-bond donors (Lipinski definition) is 0. The molecule has 0 rings (SSSR count). The molecule has 0 amide bonds. The molecule has 6 heteroatoms. The summed E-state index contributed by atoms with van der Waals surface area (Å²) in [6.45, 7) is 6.68. The lowest BCUT2D eigenvalue weighted by Gasteiger charge is -2.18. The van der Waals surface area contributed by atoms with Crippen molar-refractivity contribution in [1.82, 2.24) is 0 Å². The fourth-order valence-electron chi connectivity index (χ4n) is 8.27. The lowest BCUT2D eigenvalue weighted by atomic mass is 10.0. The summed E-state index contributed by atoms with van der Waals surface area (Å²) < 4.78 is 16.8. The summed E-state index contributed by atoms with van der Waals surface area (Å²) in [6.07, 6.45) is 53.7. The van der Waals surface area contributed by atoms with Crippen molar-refractivity contribution >= 4 is 17.9 Å². The van der Waals surface area contributed by atoms with E-state index in [9.17, 15) is 14.4 Å². The maximum absolute atomic E-state index is 12.8. The van der Waals surface area contributed by atoms with Crippen molar-refractivity contribution in [2.45, 2.75) is 316 Å². The van der Waals surface area contributed by atoms with E-state index in [1.807, 2.05) is 0 Å². The standard InChI is InChI=1S/C54H104O6/c1-4-7-10-13-16-19-22-24-25-26-27-28-30-33-36-39-42-45-48-54(57)60-51(49-58-52(55)46-43-40-37-34-31-21-18-15-12-9-6-3)50-59-53(56)47-44-41-38-35-32-29-23-20-17-14-11-8-5-2/h51H,4-50H2,1-3H3/t51-/m0/s1. The van der Waals surface area contributed by atoms with Crippen molar-refractivity contribution in [2.24, 2.45) is 0 Å². The van der Waals surface area contributed by atoms with E-state index in [1.54, 1.807) is 0 Å². The first-order valence-corrected chi connectivity index (χ1v) is 27.0. The molecule has 0 N–H and O–H groups in total. The molecule has 0 bridgehead atoms. The summed E-state index contributed by atoms with van der Waals surface area (Å²) in [5.74, 6) is -0.839. The van der Waals surface area contributed by atoms with Crippen LogP contribution in [0.1, 0.15) is 310 Å². The Morgan fingerprint density at radius 2 is 0.450 bits per heavy atom. The van der Waals surface area contributed by atoms with Crippen LogP contribution in [0.2, 0.25) is 0 Å². The zero-order valence-electron chi connectivity index (χ0n) is 40.8. The van der Waals surface area contributed by atoms with Crippen LogP contribution in [0, 0.1) is 0 Å². The monoisotopic (exact) mass is 849 g/mol. The Labute approximate surface area is 374 Å². The van der Waals surface area contributed by atoms with Gasteiger partial charge in [-0.25, -0.2) is 0 Å². The summed E-state index contributed by atoms with van der Waals surface area (Å²) >= 11 is 0. The van der Waals surface area contributed by atoms with Crippen molar-refractivity contribution in [1.29, 1.82) is 0 Å². The van der Waals surface area contributed by atoms with E-state index in [1.165, 1.54) is 212 Å². The predicted molar refractivity (Wildman–Crippen MR) is 257 cm³/mol. The van der Waals surface area contributed by atoms with Gasteiger partial charge in [0.05, 0.1) is 0 Å². The summed E-state index contributed by atoms with van der Waals surface area (Å²) in [6, 6.07) is 0. The molecule has 0 saturated heterocycles. The van der Waals surface area contributed by atoms with Gasteiger partial charge in [0.2, 0.25) is 0 Å². The highest BCUT2D eigenvalue weighted by Gasteiger charge is 2.19. The smallest absolute Gasteiger partial charge is 0.306 e. The van der Waals surface area contributed by atoms with Gasteiger partial charge in [0.15, 0.2) is 6.10 Å². The zero-order valence-corrected chi connectivity index (χ0v) is 40.8. The Balaban J connectivity index is 4.27. The molecular weight excluding hydrogens is 745 g/mol. The van der Waals surface area contributed by atoms with Gasteiger partial charge in [0.1, 0.15) is 13.2 Å². The van der Waals surface area contributed by atoms with Crippen LogP contribution < -0.4 is 0 Å². The third-order valence-electron chi connectivity index (χ3n) is 12.4. The third kappa shape index (κ3) is 47.5. The second-order valence-corrected chi connectivity index (χ2v) is 18.5. The Morgan fingerprint density at radius 1 is 0.267 bits per heavy atom. The molecule has 0 heterocycles. The fraction of sp³-hybridized carbons (Fsp3) is 0.944. The summed E-state index contributed by atoms with van der Waals surface area (Å²) in [5, 5.41) is 0. The molecule has 0 aliphatic rings. The highest BCUT2D eigenvalue weighted by atomic mass is 16.6. The fourth-order valence-corrected chi connectivity index (χ4v) is 8.27. The number of hydrogen-bond acceptors (Lipinski definition) is 6. The van der Waals surface area contributed by atoms with Crippen LogP contribution in [-0.2, 0) is 28.6 Å². The topological polar surface area (TPSA) is 78.9 Å². The van der Waals surface area contributed by atoms with Gasteiger partial charge >= 0.3 is 17.9 Å². The second kappa shape index (κ2) is 50.1. The van der Waals surface area contributed by atoms with E-state index in [0.717, 1.165) is 57.8 Å². The van der Waals surface area contributed by atoms with Gasteiger partial charge < -0.3 is 14.2 Å². The first-order valence-electron chi connectivity index (χ1n) is 27.0. The van der Waals surface area contributed by atoms with Gasteiger partial charge in [-0.3, -0.25) is 14.4 Å². The lowest BCUT2D eigenvalue weighted by molar-refractivity contribution is -0.167. The highest BCUT2D eigenvalue weighted by molar-refractivity contribution is 5.71. The molecule has 0 aliphatic carbocycles. The lowest BCUT2D eigenvalue weighted by Crippen LogP contribution is -2.30. The first kappa shape index (κ1) is 58.4. The number of unbranched alkanes of at least 4 members (excludes halogenated alkanes) is 39. The van der Waals surface area contributed by atoms with E-state index in [2.05, 4.69) is 20.8 Å². The number of carbonyl (C=O) groups is 3. The van der Waals surface area contributed by atoms with Gasteiger partial charge in [0.25, 0.3) is 0 Å². The van der Waals surface area contributed by atoms with E-state index in [0.29, 0.717) is 19.3 Å². The van der Waals surface area contributed by atoms with Gasteiger partial charge in [0, 0.05) is 19.3 Å². The van der Waals surface area contributed by atoms with Crippen LogP contribution in [0.4, 0.5) is 0 Å².